The highest BCUT2D eigenvalue weighted by atomic mass is 32.1. The fourth-order valence-corrected chi connectivity index (χ4v) is 2.02. The van der Waals surface area contributed by atoms with Crippen molar-refractivity contribution in [2.45, 2.75) is 0 Å². The van der Waals surface area contributed by atoms with Gasteiger partial charge in [0.2, 0.25) is 0 Å². The highest BCUT2D eigenvalue weighted by molar-refractivity contribution is 7.12. The van der Waals surface area contributed by atoms with Crippen molar-refractivity contribution in [3.8, 4) is 18.1 Å². The Bertz CT molecular complexity index is 625. The molecule has 1 amide bonds. The molecular formula is C15H12N2O2S. The number of terminal acetylenes is 1. The third kappa shape index (κ3) is 3.97. The van der Waals surface area contributed by atoms with Crippen molar-refractivity contribution in [2.24, 2.45) is 5.10 Å². The van der Waals surface area contributed by atoms with Crippen molar-refractivity contribution in [3.05, 3.63) is 52.2 Å². The quantitative estimate of drug-likeness (QED) is 0.521. The maximum absolute atomic E-state index is 11.6. The molecule has 5 heteroatoms. The van der Waals surface area contributed by atoms with Gasteiger partial charge in [-0.15, -0.1) is 17.8 Å². The lowest BCUT2D eigenvalue weighted by atomic mass is 10.2. The van der Waals surface area contributed by atoms with Crippen LogP contribution in [0.25, 0.3) is 0 Å². The van der Waals surface area contributed by atoms with Crippen LogP contribution in [0.15, 0.2) is 46.9 Å². The van der Waals surface area contributed by atoms with Crippen molar-refractivity contribution in [3.63, 3.8) is 0 Å². The van der Waals surface area contributed by atoms with Gasteiger partial charge in [0.1, 0.15) is 12.4 Å². The van der Waals surface area contributed by atoms with E-state index in [1.54, 1.807) is 24.4 Å². The van der Waals surface area contributed by atoms with E-state index in [1.165, 1.54) is 11.3 Å². The van der Waals surface area contributed by atoms with Crippen LogP contribution in [0.4, 0.5) is 0 Å². The maximum atomic E-state index is 11.6. The molecule has 20 heavy (non-hydrogen) atoms. The van der Waals surface area contributed by atoms with Gasteiger partial charge in [-0.2, -0.15) is 5.10 Å². The van der Waals surface area contributed by atoms with Crippen LogP contribution in [0, 0.1) is 12.3 Å². The van der Waals surface area contributed by atoms with E-state index in [0.717, 1.165) is 5.56 Å². The van der Waals surface area contributed by atoms with Crippen molar-refractivity contribution in [1.29, 1.82) is 0 Å². The van der Waals surface area contributed by atoms with E-state index in [1.807, 2.05) is 23.6 Å². The predicted octanol–water partition coefficient (Wildman–Crippen LogP) is 2.52. The monoisotopic (exact) mass is 284 g/mol. The van der Waals surface area contributed by atoms with Crippen LogP contribution in [0.5, 0.6) is 5.75 Å². The van der Waals surface area contributed by atoms with Crippen molar-refractivity contribution >= 4 is 23.5 Å². The minimum Gasteiger partial charge on any atom is -0.481 e. The molecule has 2 rings (SSSR count). The highest BCUT2D eigenvalue weighted by Gasteiger charge is 2.03. The number of nitrogens with zero attached hydrogens (tertiary/aromatic N) is 1. The first-order chi connectivity index (χ1) is 9.79. The minimum atomic E-state index is -0.217. The summed E-state index contributed by atoms with van der Waals surface area (Å²) in [5.74, 6) is 2.88. The third-order valence-corrected chi connectivity index (χ3v) is 3.20. The molecule has 0 fully saturated rings. The lowest BCUT2D eigenvalue weighted by Gasteiger charge is -2.01. The van der Waals surface area contributed by atoms with Crippen LogP contribution in [0.3, 0.4) is 0 Å². The molecule has 0 bridgehead atoms. The van der Waals surface area contributed by atoms with Crippen LogP contribution in [-0.2, 0) is 0 Å². The highest BCUT2D eigenvalue weighted by Crippen LogP contribution is 2.11. The van der Waals surface area contributed by atoms with Crippen molar-refractivity contribution < 1.29 is 9.53 Å². The summed E-state index contributed by atoms with van der Waals surface area (Å²) < 4.78 is 5.25. The lowest BCUT2D eigenvalue weighted by Crippen LogP contribution is -2.16. The zero-order chi connectivity index (χ0) is 14.2. The molecule has 0 aliphatic rings. The molecule has 0 spiro atoms. The Labute approximate surface area is 121 Å². The SMILES string of the molecule is C#CCOc1ccc(/C=N/NC(=O)c2cccs2)cc1. The molecular weight excluding hydrogens is 272 g/mol. The summed E-state index contributed by atoms with van der Waals surface area (Å²) in [5, 5.41) is 5.74. The average Bonchev–Trinajstić information content (AvgIpc) is 3.00. The normalized spacial score (nSPS) is 10.2. The van der Waals surface area contributed by atoms with Gasteiger partial charge >= 0.3 is 0 Å². The van der Waals surface area contributed by atoms with E-state index >= 15 is 0 Å². The summed E-state index contributed by atoms with van der Waals surface area (Å²) in [7, 11) is 0. The molecule has 0 saturated heterocycles. The number of carbonyl (C=O) groups excluding carboxylic acids is 1. The van der Waals surface area contributed by atoms with E-state index in [9.17, 15) is 4.79 Å². The van der Waals surface area contributed by atoms with Crippen LogP contribution in [0.2, 0.25) is 0 Å². The molecule has 4 nitrogen and oxygen atoms in total. The van der Waals surface area contributed by atoms with Crippen LogP contribution >= 0.6 is 11.3 Å². The molecule has 0 unspecified atom stereocenters. The summed E-state index contributed by atoms with van der Waals surface area (Å²) in [6.07, 6.45) is 6.67. The van der Waals surface area contributed by atoms with Gasteiger partial charge in [-0.05, 0) is 41.3 Å². The largest absolute Gasteiger partial charge is 0.481 e. The van der Waals surface area contributed by atoms with Crippen LogP contribution < -0.4 is 10.2 Å². The fourth-order valence-electron chi connectivity index (χ4n) is 1.40. The van der Waals surface area contributed by atoms with Gasteiger partial charge in [-0.1, -0.05) is 12.0 Å². The second-order valence-electron chi connectivity index (χ2n) is 3.74. The summed E-state index contributed by atoms with van der Waals surface area (Å²) in [5.41, 5.74) is 3.32. The molecule has 0 atom stereocenters. The number of benzene rings is 1. The molecule has 1 N–H and O–H groups in total. The van der Waals surface area contributed by atoms with E-state index in [-0.39, 0.29) is 12.5 Å². The van der Waals surface area contributed by atoms with Crippen LogP contribution in [0.1, 0.15) is 15.2 Å². The molecule has 0 aliphatic heterocycles. The first-order valence-corrected chi connectivity index (χ1v) is 6.71. The smallest absolute Gasteiger partial charge is 0.281 e. The van der Waals surface area contributed by atoms with Gasteiger partial charge in [-0.25, -0.2) is 5.43 Å². The number of amides is 1. The fraction of sp³-hybridized carbons (Fsp3) is 0.0667. The van der Waals surface area contributed by atoms with Gasteiger partial charge < -0.3 is 4.74 Å². The summed E-state index contributed by atoms with van der Waals surface area (Å²) in [4.78, 5) is 12.2. The van der Waals surface area contributed by atoms with Gasteiger partial charge in [0, 0.05) is 0 Å². The molecule has 0 radical (unpaired) electrons. The van der Waals surface area contributed by atoms with E-state index in [0.29, 0.717) is 10.6 Å². The van der Waals surface area contributed by atoms with Gasteiger partial charge in [0.25, 0.3) is 5.91 Å². The summed E-state index contributed by atoms with van der Waals surface area (Å²) in [6.45, 7) is 0.240. The standard InChI is InChI=1S/C15H12N2O2S/c1-2-9-19-13-7-5-12(6-8-13)11-16-17-15(18)14-4-3-10-20-14/h1,3-8,10-11H,9H2,(H,17,18)/b16-11+. The zero-order valence-corrected chi connectivity index (χ0v) is 11.4. The second-order valence-corrected chi connectivity index (χ2v) is 4.69. The van der Waals surface area contributed by atoms with Gasteiger partial charge in [-0.3, -0.25) is 4.79 Å². The first-order valence-electron chi connectivity index (χ1n) is 5.83. The molecule has 0 saturated carbocycles. The Morgan fingerprint density at radius 3 is 2.85 bits per heavy atom. The molecule has 2 aromatic rings. The second kappa shape index (κ2) is 7.12. The number of ether oxygens (including phenoxy) is 1. The number of hydrogen-bond donors (Lipinski definition) is 1. The topological polar surface area (TPSA) is 50.7 Å². The Kier molecular flexibility index (Phi) is 4.93. The number of rotatable bonds is 5. The summed E-state index contributed by atoms with van der Waals surface area (Å²) >= 11 is 1.37. The van der Waals surface area contributed by atoms with Crippen molar-refractivity contribution in [1.82, 2.24) is 5.43 Å². The molecule has 1 heterocycles. The Morgan fingerprint density at radius 2 is 2.20 bits per heavy atom. The Morgan fingerprint density at radius 1 is 1.40 bits per heavy atom. The Balaban J connectivity index is 1.88. The lowest BCUT2D eigenvalue weighted by molar-refractivity contribution is 0.0959. The van der Waals surface area contributed by atoms with E-state index in [4.69, 9.17) is 11.2 Å². The number of thiophene rings is 1. The van der Waals surface area contributed by atoms with E-state index in [2.05, 4.69) is 16.4 Å². The third-order valence-electron chi connectivity index (χ3n) is 2.33. The zero-order valence-electron chi connectivity index (χ0n) is 10.6. The number of carbonyl (C=O) groups is 1. The first kappa shape index (κ1) is 13.8. The van der Waals surface area contributed by atoms with Gasteiger partial charge in [0.15, 0.2) is 0 Å². The number of hydrazone groups is 1. The van der Waals surface area contributed by atoms with E-state index < -0.39 is 0 Å². The summed E-state index contributed by atoms with van der Waals surface area (Å²) in [6, 6.07) is 10.8. The molecule has 1 aromatic heterocycles. The number of nitrogens with one attached hydrogen (secondary N) is 1. The average molecular weight is 284 g/mol. The van der Waals surface area contributed by atoms with Crippen LogP contribution in [-0.4, -0.2) is 18.7 Å². The minimum absolute atomic E-state index is 0.217. The predicted molar refractivity (Wildman–Crippen MR) is 80.1 cm³/mol. The molecule has 100 valence electrons. The molecule has 0 aliphatic carbocycles. The number of hydrogen-bond acceptors (Lipinski definition) is 4. The molecule has 1 aromatic carbocycles. The van der Waals surface area contributed by atoms with Crippen molar-refractivity contribution in [2.75, 3.05) is 6.61 Å². The Hall–Kier alpha value is -2.58. The maximum Gasteiger partial charge on any atom is 0.281 e. The van der Waals surface area contributed by atoms with Gasteiger partial charge in [0.05, 0.1) is 11.1 Å².